The highest BCUT2D eigenvalue weighted by Crippen LogP contribution is 2.49. The summed E-state index contributed by atoms with van der Waals surface area (Å²) in [6.45, 7) is 0. The van der Waals surface area contributed by atoms with Crippen molar-refractivity contribution in [3.63, 3.8) is 0 Å². The Balaban J connectivity index is 1.36. The molecule has 43 heavy (non-hydrogen) atoms. The van der Waals surface area contributed by atoms with Gasteiger partial charge in [0, 0.05) is 22.4 Å². The molecule has 0 aliphatic carbocycles. The lowest BCUT2D eigenvalue weighted by atomic mass is 10.0. The van der Waals surface area contributed by atoms with E-state index < -0.39 is 0 Å². The molecule has 5 heteroatoms. The van der Waals surface area contributed by atoms with E-state index in [9.17, 15) is 0 Å². The Kier molecular flexibility index (Phi) is 5.13. The number of hydrogen-bond donors (Lipinski definition) is 0. The molecule has 8 aromatic rings. The molecular formula is C38H24N4O. The largest absolute Gasteiger partial charge is 0.453 e. The van der Waals surface area contributed by atoms with Crippen LogP contribution in [0.4, 0.5) is 17.3 Å². The molecule has 0 saturated carbocycles. The van der Waals surface area contributed by atoms with Crippen LogP contribution in [0.1, 0.15) is 0 Å². The zero-order valence-corrected chi connectivity index (χ0v) is 23.1. The lowest BCUT2D eigenvalue weighted by molar-refractivity contribution is 0.476. The minimum atomic E-state index is 0.575. The van der Waals surface area contributed by atoms with Gasteiger partial charge in [-0.25, -0.2) is 4.98 Å². The quantitative estimate of drug-likeness (QED) is 0.219. The SMILES string of the molecule is c1ccc2c(c1)Oc1ccccc1N2c1nc(-c2ccc3ccccc3c2)cc(-n2c3ccccc3c3ccccc32)n1. The van der Waals surface area contributed by atoms with Gasteiger partial charge in [-0.15, -0.1) is 0 Å². The van der Waals surface area contributed by atoms with E-state index in [0.717, 1.165) is 51.0 Å². The second-order valence-corrected chi connectivity index (χ2v) is 10.7. The first-order valence-corrected chi connectivity index (χ1v) is 14.3. The maximum atomic E-state index is 6.31. The fourth-order valence-electron chi connectivity index (χ4n) is 6.22. The fraction of sp³-hybridized carbons (Fsp3) is 0. The second kappa shape index (κ2) is 9.29. The average Bonchev–Trinajstić information content (AvgIpc) is 3.41. The summed E-state index contributed by atoms with van der Waals surface area (Å²) in [5.41, 5.74) is 5.85. The maximum Gasteiger partial charge on any atom is 0.237 e. The Bertz CT molecular complexity index is 2260. The predicted octanol–water partition coefficient (Wildman–Crippen LogP) is 9.97. The predicted molar refractivity (Wildman–Crippen MR) is 174 cm³/mol. The monoisotopic (exact) mass is 552 g/mol. The highest BCUT2D eigenvalue weighted by atomic mass is 16.5. The van der Waals surface area contributed by atoms with Gasteiger partial charge in [0.15, 0.2) is 11.5 Å². The number of fused-ring (bicyclic) bond motifs is 6. The number of hydrogen-bond acceptors (Lipinski definition) is 4. The molecule has 0 atom stereocenters. The first kappa shape index (κ1) is 23.7. The van der Waals surface area contributed by atoms with Gasteiger partial charge < -0.3 is 4.74 Å². The van der Waals surface area contributed by atoms with E-state index in [1.54, 1.807) is 0 Å². The van der Waals surface area contributed by atoms with Crippen molar-refractivity contribution >= 4 is 49.9 Å². The van der Waals surface area contributed by atoms with Gasteiger partial charge in [-0.05, 0) is 53.2 Å². The van der Waals surface area contributed by atoms with E-state index in [2.05, 4.69) is 119 Å². The van der Waals surface area contributed by atoms with E-state index in [-0.39, 0.29) is 0 Å². The van der Waals surface area contributed by atoms with Gasteiger partial charge in [-0.1, -0.05) is 97.1 Å². The van der Waals surface area contributed by atoms with Crippen LogP contribution in [-0.4, -0.2) is 14.5 Å². The Morgan fingerprint density at radius 1 is 0.488 bits per heavy atom. The van der Waals surface area contributed by atoms with Crippen molar-refractivity contribution < 1.29 is 4.74 Å². The van der Waals surface area contributed by atoms with Crippen LogP contribution in [-0.2, 0) is 0 Å². The number of aromatic nitrogens is 3. The van der Waals surface area contributed by atoms with Gasteiger partial charge in [0.05, 0.1) is 28.1 Å². The standard InChI is InChI=1S/C38H24N4O/c1-2-12-26-23-27(22-21-25(26)11-1)30-24-37(41-31-15-5-3-13-28(31)29-14-4-6-16-32(29)41)40-38(39-30)42-33-17-7-9-19-35(33)43-36-20-10-8-18-34(36)42/h1-24H. The average molecular weight is 553 g/mol. The Hall–Kier alpha value is -5.94. The summed E-state index contributed by atoms with van der Waals surface area (Å²) in [5, 5.41) is 4.74. The minimum Gasteiger partial charge on any atom is -0.453 e. The van der Waals surface area contributed by atoms with E-state index in [1.807, 2.05) is 36.4 Å². The summed E-state index contributed by atoms with van der Waals surface area (Å²) in [6.07, 6.45) is 0. The van der Waals surface area contributed by atoms with Crippen molar-refractivity contribution in [2.75, 3.05) is 4.90 Å². The molecule has 0 unspecified atom stereocenters. The highest BCUT2D eigenvalue weighted by molar-refractivity contribution is 6.09. The zero-order chi connectivity index (χ0) is 28.3. The molecule has 1 aliphatic rings. The molecule has 0 amide bonds. The van der Waals surface area contributed by atoms with Crippen LogP contribution >= 0.6 is 0 Å². The number of benzene rings is 6. The van der Waals surface area contributed by atoms with Crippen molar-refractivity contribution in [3.8, 4) is 28.6 Å². The lowest BCUT2D eigenvalue weighted by Gasteiger charge is -2.31. The molecule has 0 bridgehead atoms. The smallest absolute Gasteiger partial charge is 0.237 e. The molecule has 2 aromatic heterocycles. The van der Waals surface area contributed by atoms with Crippen LogP contribution in [0.25, 0.3) is 49.7 Å². The van der Waals surface area contributed by atoms with Gasteiger partial charge in [0.1, 0.15) is 5.82 Å². The van der Waals surface area contributed by atoms with Crippen molar-refractivity contribution in [1.82, 2.24) is 14.5 Å². The van der Waals surface area contributed by atoms with Gasteiger partial charge in [0.25, 0.3) is 0 Å². The summed E-state index contributed by atoms with van der Waals surface area (Å²) in [5.74, 6) is 2.90. The van der Waals surface area contributed by atoms with E-state index >= 15 is 0 Å². The molecule has 0 radical (unpaired) electrons. The summed E-state index contributed by atoms with van der Waals surface area (Å²) in [7, 11) is 0. The molecule has 5 nitrogen and oxygen atoms in total. The number of ether oxygens (including phenoxy) is 1. The molecule has 1 aliphatic heterocycles. The third-order valence-corrected chi connectivity index (χ3v) is 8.19. The van der Waals surface area contributed by atoms with Crippen molar-refractivity contribution in [1.29, 1.82) is 0 Å². The Morgan fingerprint density at radius 3 is 1.77 bits per heavy atom. The van der Waals surface area contributed by atoms with E-state index in [4.69, 9.17) is 14.7 Å². The van der Waals surface area contributed by atoms with Crippen LogP contribution in [0.15, 0.2) is 146 Å². The first-order chi connectivity index (χ1) is 21.3. The van der Waals surface area contributed by atoms with Crippen molar-refractivity contribution in [2.45, 2.75) is 0 Å². The molecule has 3 heterocycles. The summed E-state index contributed by atoms with van der Waals surface area (Å²) in [6, 6.07) is 50.1. The molecule has 9 rings (SSSR count). The summed E-state index contributed by atoms with van der Waals surface area (Å²) >= 11 is 0. The molecule has 0 fully saturated rings. The summed E-state index contributed by atoms with van der Waals surface area (Å²) < 4.78 is 8.56. The number of anilines is 3. The topological polar surface area (TPSA) is 43.2 Å². The number of nitrogens with zero attached hydrogens (tertiary/aromatic N) is 4. The van der Waals surface area contributed by atoms with Crippen molar-refractivity contribution in [3.05, 3.63) is 146 Å². The number of rotatable bonds is 3. The van der Waals surface area contributed by atoms with E-state index in [0.29, 0.717) is 5.95 Å². The molecule has 202 valence electrons. The minimum absolute atomic E-state index is 0.575. The molecular weight excluding hydrogens is 528 g/mol. The van der Waals surface area contributed by atoms with Crippen LogP contribution in [0.2, 0.25) is 0 Å². The lowest BCUT2D eigenvalue weighted by Crippen LogP contribution is -2.19. The first-order valence-electron chi connectivity index (χ1n) is 14.3. The zero-order valence-electron chi connectivity index (χ0n) is 23.1. The second-order valence-electron chi connectivity index (χ2n) is 10.7. The number of para-hydroxylation sites is 6. The molecule has 6 aromatic carbocycles. The summed E-state index contributed by atoms with van der Waals surface area (Å²) in [4.78, 5) is 12.7. The van der Waals surface area contributed by atoms with E-state index in [1.165, 1.54) is 21.5 Å². The third kappa shape index (κ3) is 3.72. The van der Waals surface area contributed by atoms with Crippen LogP contribution < -0.4 is 9.64 Å². The Morgan fingerprint density at radius 2 is 1.07 bits per heavy atom. The van der Waals surface area contributed by atoms with Crippen molar-refractivity contribution in [2.24, 2.45) is 0 Å². The van der Waals surface area contributed by atoms with Crippen LogP contribution in [0.3, 0.4) is 0 Å². The molecule has 0 N–H and O–H groups in total. The normalized spacial score (nSPS) is 12.3. The Labute approximate surface area is 247 Å². The van der Waals surface area contributed by atoms with Gasteiger partial charge >= 0.3 is 0 Å². The molecule has 0 spiro atoms. The fourth-order valence-corrected chi connectivity index (χ4v) is 6.22. The van der Waals surface area contributed by atoms with Gasteiger partial charge in [0.2, 0.25) is 5.95 Å². The third-order valence-electron chi connectivity index (χ3n) is 8.19. The van der Waals surface area contributed by atoms with Crippen LogP contribution in [0, 0.1) is 0 Å². The van der Waals surface area contributed by atoms with Gasteiger partial charge in [-0.2, -0.15) is 4.98 Å². The maximum absolute atomic E-state index is 6.31. The highest BCUT2D eigenvalue weighted by Gasteiger charge is 2.28. The van der Waals surface area contributed by atoms with Gasteiger partial charge in [-0.3, -0.25) is 9.47 Å². The molecule has 0 saturated heterocycles. The van der Waals surface area contributed by atoms with Crippen LogP contribution in [0.5, 0.6) is 11.5 Å².